The summed E-state index contributed by atoms with van der Waals surface area (Å²) in [7, 11) is 0. The summed E-state index contributed by atoms with van der Waals surface area (Å²) in [6.45, 7) is 4.92. The van der Waals surface area contributed by atoms with Crippen LogP contribution in [0.25, 0.3) is 5.69 Å². The third kappa shape index (κ3) is 3.65. The topological polar surface area (TPSA) is 72.7 Å². The van der Waals surface area contributed by atoms with Crippen molar-refractivity contribution in [1.82, 2.24) is 25.5 Å². The van der Waals surface area contributed by atoms with Gasteiger partial charge in [0.2, 0.25) is 11.1 Å². The van der Waals surface area contributed by atoms with E-state index in [-0.39, 0.29) is 5.91 Å². The molecular weight excluding hydrogens is 298 g/mol. The minimum Gasteiger partial charge on any atom is -0.355 e. The monoisotopic (exact) mass is 317 g/mol. The molecule has 3 rings (SSSR count). The van der Waals surface area contributed by atoms with Gasteiger partial charge in [-0.25, -0.2) is 0 Å². The van der Waals surface area contributed by atoms with Gasteiger partial charge in [-0.2, -0.15) is 4.68 Å². The van der Waals surface area contributed by atoms with Gasteiger partial charge in [-0.05, 0) is 66.3 Å². The molecule has 0 saturated heterocycles. The highest BCUT2D eigenvalue weighted by Gasteiger charge is 2.21. The molecule has 22 heavy (non-hydrogen) atoms. The third-order valence-electron chi connectivity index (χ3n) is 3.79. The molecule has 1 aliphatic carbocycles. The molecule has 0 atom stereocenters. The normalized spacial score (nSPS) is 14.1. The van der Waals surface area contributed by atoms with E-state index in [9.17, 15) is 4.79 Å². The molecule has 2 aromatic rings. The van der Waals surface area contributed by atoms with E-state index in [1.165, 1.54) is 35.7 Å². The van der Waals surface area contributed by atoms with Gasteiger partial charge in [0, 0.05) is 6.54 Å². The van der Waals surface area contributed by atoms with Gasteiger partial charge < -0.3 is 5.32 Å². The van der Waals surface area contributed by atoms with Crippen molar-refractivity contribution in [1.29, 1.82) is 0 Å². The van der Waals surface area contributed by atoms with Gasteiger partial charge in [-0.1, -0.05) is 17.8 Å². The molecule has 0 unspecified atom stereocenters. The fraction of sp³-hybridized carbons (Fsp3) is 0.467. The zero-order chi connectivity index (χ0) is 15.5. The Labute approximate surface area is 133 Å². The molecule has 1 amide bonds. The second kappa shape index (κ2) is 6.48. The smallest absolute Gasteiger partial charge is 0.230 e. The van der Waals surface area contributed by atoms with E-state index in [4.69, 9.17) is 0 Å². The van der Waals surface area contributed by atoms with Crippen LogP contribution in [0.1, 0.15) is 24.0 Å². The fourth-order valence-corrected chi connectivity index (χ4v) is 2.77. The molecule has 1 aromatic heterocycles. The Morgan fingerprint density at radius 3 is 2.91 bits per heavy atom. The van der Waals surface area contributed by atoms with Crippen molar-refractivity contribution in [3.8, 4) is 5.69 Å². The number of nitrogens with zero attached hydrogens (tertiary/aromatic N) is 4. The van der Waals surface area contributed by atoms with Gasteiger partial charge >= 0.3 is 0 Å². The predicted octanol–water partition coefficient (Wildman–Crippen LogP) is 1.90. The maximum Gasteiger partial charge on any atom is 0.230 e. The molecule has 0 bridgehead atoms. The Balaban J connectivity index is 1.63. The molecule has 0 aliphatic heterocycles. The van der Waals surface area contributed by atoms with Crippen molar-refractivity contribution in [3.05, 3.63) is 29.3 Å². The molecule has 7 heteroatoms. The number of aryl methyl sites for hydroxylation is 2. The molecule has 116 valence electrons. The van der Waals surface area contributed by atoms with Gasteiger partial charge in [0.25, 0.3) is 0 Å². The number of nitrogens with one attached hydrogen (secondary N) is 1. The SMILES string of the molecule is Cc1ccc(-n2nnnc2SCC(=O)NCC2CC2)cc1C. The molecule has 0 radical (unpaired) electrons. The number of carbonyl (C=O) groups excluding carboxylic acids is 1. The van der Waals surface area contributed by atoms with Crippen LogP contribution in [0.3, 0.4) is 0 Å². The number of benzene rings is 1. The lowest BCUT2D eigenvalue weighted by molar-refractivity contribution is -0.118. The van der Waals surface area contributed by atoms with E-state index >= 15 is 0 Å². The number of thioether (sulfide) groups is 1. The summed E-state index contributed by atoms with van der Waals surface area (Å²) in [4.78, 5) is 11.8. The summed E-state index contributed by atoms with van der Waals surface area (Å²) < 4.78 is 1.67. The van der Waals surface area contributed by atoms with E-state index < -0.39 is 0 Å². The zero-order valence-electron chi connectivity index (χ0n) is 12.7. The number of hydrogen-bond acceptors (Lipinski definition) is 5. The first-order valence-electron chi connectivity index (χ1n) is 7.39. The first kappa shape index (κ1) is 15.0. The van der Waals surface area contributed by atoms with E-state index in [0.717, 1.165) is 12.2 Å². The van der Waals surface area contributed by atoms with Gasteiger partial charge in [0.15, 0.2) is 0 Å². The number of amides is 1. The van der Waals surface area contributed by atoms with E-state index in [2.05, 4.69) is 34.7 Å². The summed E-state index contributed by atoms with van der Waals surface area (Å²) in [5.41, 5.74) is 3.32. The molecule has 1 fully saturated rings. The molecule has 1 heterocycles. The highest BCUT2D eigenvalue weighted by atomic mass is 32.2. The Morgan fingerprint density at radius 2 is 2.18 bits per heavy atom. The lowest BCUT2D eigenvalue weighted by atomic mass is 10.1. The van der Waals surface area contributed by atoms with E-state index in [1.54, 1.807) is 4.68 Å². The van der Waals surface area contributed by atoms with Gasteiger partial charge in [0.1, 0.15) is 0 Å². The number of rotatable bonds is 6. The standard InChI is InChI=1S/C15H19N5OS/c1-10-3-6-13(7-11(10)2)20-15(17-18-19-20)22-9-14(21)16-8-12-4-5-12/h3,6-7,12H,4-5,8-9H2,1-2H3,(H,16,21). The molecule has 0 spiro atoms. The molecule has 1 N–H and O–H groups in total. The lowest BCUT2D eigenvalue weighted by Gasteiger charge is -2.07. The number of hydrogen-bond donors (Lipinski definition) is 1. The number of tetrazole rings is 1. The van der Waals surface area contributed by atoms with Crippen molar-refractivity contribution >= 4 is 17.7 Å². The fourth-order valence-electron chi connectivity index (χ4n) is 2.05. The second-order valence-electron chi connectivity index (χ2n) is 5.68. The largest absolute Gasteiger partial charge is 0.355 e. The average Bonchev–Trinajstić information content (AvgIpc) is 3.22. The van der Waals surface area contributed by atoms with Crippen molar-refractivity contribution in [3.63, 3.8) is 0 Å². The van der Waals surface area contributed by atoms with E-state index in [0.29, 0.717) is 16.8 Å². The maximum atomic E-state index is 11.8. The summed E-state index contributed by atoms with van der Waals surface area (Å²) in [5.74, 6) is 1.05. The first-order chi connectivity index (χ1) is 10.6. The van der Waals surface area contributed by atoms with Crippen LogP contribution in [0.4, 0.5) is 0 Å². The Bertz CT molecular complexity index is 680. The lowest BCUT2D eigenvalue weighted by Crippen LogP contribution is -2.27. The molecular formula is C15H19N5OS. The highest BCUT2D eigenvalue weighted by molar-refractivity contribution is 7.99. The van der Waals surface area contributed by atoms with Crippen LogP contribution in [-0.4, -0.2) is 38.4 Å². The minimum atomic E-state index is 0.0338. The quantitative estimate of drug-likeness (QED) is 0.824. The Kier molecular flexibility index (Phi) is 4.42. The van der Waals surface area contributed by atoms with Crippen LogP contribution in [0.5, 0.6) is 0 Å². The summed E-state index contributed by atoms with van der Waals surface area (Å²) >= 11 is 1.35. The van der Waals surface area contributed by atoms with Crippen molar-refractivity contribution in [2.45, 2.75) is 31.8 Å². The van der Waals surface area contributed by atoms with Crippen molar-refractivity contribution in [2.75, 3.05) is 12.3 Å². The van der Waals surface area contributed by atoms with E-state index in [1.807, 2.05) is 18.2 Å². The molecule has 1 aliphatic rings. The summed E-state index contributed by atoms with van der Waals surface area (Å²) in [6, 6.07) is 6.07. The van der Waals surface area contributed by atoms with Crippen molar-refractivity contribution in [2.24, 2.45) is 5.92 Å². The maximum absolute atomic E-state index is 11.8. The molecule has 1 saturated carbocycles. The van der Waals surface area contributed by atoms with Crippen LogP contribution < -0.4 is 5.32 Å². The second-order valence-corrected chi connectivity index (χ2v) is 6.62. The number of carbonyl (C=O) groups is 1. The zero-order valence-corrected chi connectivity index (χ0v) is 13.6. The van der Waals surface area contributed by atoms with Crippen LogP contribution in [0.2, 0.25) is 0 Å². The summed E-state index contributed by atoms with van der Waals surface area (Å²) in [5, 5.41) is 15.3. The van der Waals surface area contributed by atoms with Gasteiger partial charge in [0.05, 0.1) is 11.4 Å². The molecule has 1 aromatic carbocycles. The van der Waals surface area contributed by atoms with Crippen molar-refractivity contribution < 1.29 is 4.79 Å². The van der Waals surface area contributed by atoms with Gasteiger partial charge in [-0.3, -0.25) is 4.79 Å². The Hall–Kier alpha value is -1.89. The summed E-state index contributed by atoms with van der Waals surface area (Å²) in [6.07, 6.45) is 2.47. The van der Waals surface area contributed by atoms with Gasteiger partial charge in [-0.15, -0.1) is 5.10 Å². The van der Waals surface area contributed by atoms with Crippen LogP contribution >= 0.6 is 11.8 Å². The average molecular weight is 317 g/mol. The van der Waals surface area contributed by atoms with Crippen LogP contribution in [0.15, 0.2) is 23.4 Å². The minimum absolute atomic E-state index is 0.0338. The van der Waals surface area contributed by atoms with Crippen LogP contribution in [-0.2, 0) is 4.79 Å². The third-order valence-corrected chi connectivity index (χ3v) is 4.71. The predicted molar refractivity (Wildman–Crippen MR) is 85.1 cm³/mol. The highest BCUT2D eigenvalue weighted by Crippen LogP contribution is 2.27. The van der Waals surface area contributed by atoms with Crippen LogP contribution in [0, 0.1) is 19.8 Å². The first-order valence-corrected chi connectivity index (χ1v) is 8.37. The molecule has 6 nitrogen and oxygen atoms in total. The Morgan fingerprint density at radius 1 is 1.36 bits per heavy atom. The number of aromatic nitrogens is 4.